The lowest BCUT2D eigenvalue weighted by Crippen LogP contribution is -2.27. The van der Waals surface area contributed by atoms with Crippen molar-refractivity contribution in [2.75, 3.05) is 18.0 Å². The Hall–Kier alpha value is -2.57. The molecule has 0 aliphatic carbocycles. The van der Waals surface area contributed by atoms with E-state index in [2.05, 4.69) is 29.1 Å². The molecule has 3 aromatic rings. The summed E-state index contributed by atoms with van der Waals surface area (Å²) >= 11 is 0. The molecule has 148 valence electrons. The third kappa shape index (κ3) is 3.45. The fraction of sp³-hybridized carbons (Fsp3) is 0.476. The molecule has 5 nitrogen and oxygen atoms in total. The number of alkyl halides is 2. The van der Waals surface area contributed by atoms with Gasteiger partial charge in [0.25, 0.3) is 5.92 Å². The van der Waals surface area contributed by atoms with Crippen molar-refractivity contribution in [1.82, 2.24) is 19.7 Å². The molecule has 0 bridgehead atoms. The van der Waals surface area contributed by atoms with Gasteiger partial charge in [0, 0.05) is 18.4 Å². The maximum absolute atomic E-state index is 13.8. The van der Waals surface area contributed by atoms with E-state index in [1.807, 2.05) is 37.6 Å². The predicted molar refractivity (Wildman–Crippen MR) is 106 cm³/mol. The van der Waals surface area contributed by atoms with Crippen LogP contribution in [0.1, 0.15) is 44.1 Å². The van der Waals surface area contributed by atoms with E-state index in [4.69, 9.17) is 4.98 Å². The molecule has 4 rings (SSSR count). The van der Waals surface area contributed by atoms with Crippen LogP contribution in [0.5, 0.6) is 0 Å². The summed E-state index contributed by atoms with van der Waals surface area (Å²) in [5.74, 6) is -1.49. The van der Waals surface area contributed by atoms with Crippen molar-refractivity contribution in [2.45, 2.75) is 52.0 Å². The zero-order valence-corrected chi connectivity index (χ0v) is 16.7. The number of hydrogen-bond acceptors (Lipinski definition) is 4. The molecule has 0 spiro atoms. The van der Waals surface area contributed by atoms with E-state index in [9.17, 15) is 8.78 Å². The van der Waals surface area contributed by atoms with Gasteiger partial charge in [-0.3, -0.25) is 0 Å². The second-order valence-corrected chi connectivity index (χ2v) is 8.61. The lowest BCUT2D eigenvalue weighted by atomic mass is 9.95. The van der Waals surface area contributed by atoms with Crippen LogP contribution in [0, 0.1) is 6.92 Å². The first kappa shape index (κ1) is 18.8. The molecule has 1 aliphatic rings. The van der Waals surface area contributed by atoms with Crippen molar-refractivity contribution in [3.05, 3.63) is 47.4 Å². The highest BCUT2D eigenvalue weighted by atomic mass is 19.3. The molecule has 0 N–H and O–H groups in total. The third-order valence-electron chi connectivity index (χ3n) is 5.20. The Kier molecular flexibility index (Phi) is 4.36. The van der Waals surface area contributed by atoms with Crippen LogP contribution in [0.4, 0.5) is 14.6 Å². The van der Waals surface area contributed by atoms with Crippen LogP contribution in [-0.4, -0.2) is 38.8 Å². The fourth-order valence-electron chi connectivity index (χ4n) is 3.50. The second-order valence-electron chi connectivity index (χ2n) is 8.61. The molecular formula is C21H25F2N5. The third-order valence-corrected chi connectivity index (χ3v) is 5.20. The monoisotopic (exact) mass is 385 g/mol. The first-order valence-electron chi connectivity index (χ1n) is 9.55. The summed E-state index contributed by atoms with van der Waals surface area (Å²) < 4.78 is 29.5. The zero-order chi connectivity index (χ0) is 20.1. The standard InChI is InChI=1S/C21H25F2N5/c1-14-7-5-6-8-15(14)12-28-18-16(11-24-28)17(25-19(26-18)20(2,3)4)27-10-9-21(22,23)13-27/h5-8,11H,9-10,12-13H2,1-4H3. The van der Waals surface area contributed by atoms with Gasteiger partial charge in [-0.1, -0.05) is 45.0 Å². The fourth-order valence-corrected chi connectivity index (χ4v) is 3.50. The molecule has 1 fully saturated rings. The summed E-state index contributed by atoms with van der Waals surface area (Å²) in [5.41, 5.74) is 2.71. The Morgan fingerprint density at radius 3 is 2.54 bits per heavy atom. The van der Waals surface area contributed by atoms with Gasteiger partial charge in [-0.05, 0) is 18.1 Å². The Labute approximate surface area is 163 Å². The lowest BCUT2D eigenvalue weighted by Gasteiger charge is -2.22. The average molecular weight is 385 g/mol. The smallest absolute Gasteiger partial charge is 0.266 e. The molecule has 0 unspecified atom stereocenters. The summed E-state index contributed by atoms with van der Waals surface area (Å²) in [6, 6.07) is 8.14. The summed E-state index contributed by atoms with van der Waals surface area (Å²) in [6.07, 6.45) is 1.55. The number of anilines is 1. The Morgan fingerprint density at radius 1 is 1.14 bits per heavy atom. The van der Waals surface area contributed by atoms with Gasteiger partial charge in [-0.25, -0.2) is 23.4 Å². The SMILES string of the molecule is Cc1ccccc1Cn1ncc2c(N3CCC(F)(F)C3)nc(C(C)(C)C)nc21. The first-order chi connectivity index (χ1) is 13.1. The molecule has 0 amide bonds. The van der Waals surface area contributed by atoms with Crippen molar-refractivity contribution < 1.29 is 8.78 Å². The van der Waals surface area contributed by atoms with Crippen LogP contribution in [0.15, 0.2) is 30.5 Å². The van der Waals surface area contributed by atoms with E-state index >= 15 is 0 Å². The maximum atomic E-state index is 13.8. The molecular weight excluding hydrogens is 360 g/mol. The number of nitrogens with zero attached hydrogens (tertiary/aromatic N) is 5. The van der Waals surface area contributed by atoms with Gasteiger partial charge in [0.1, 0.15) is 11.6 Å². The second kappa shape index (κ2) is 6.50. The van der Waals surface area contributed by atoms with Gasteiger partial charge in [-0.2, -0.15) is 5.10 Å². The first-order valence-corrected chi connectivity index (χ1v) is 9.55. The minimum absolute atomic E-state index is 0.152. The number of halogens is 2. The van der Waals surface area contributed by atoms with Gasteiger partial charge < -0.3 is 4.90 Å². The van der Waals surface area contributed by atoms with Gasteiger partial charge in [0.05, 0.1) is 24.7 Å². The van der Waals surface area contributed by atoms with Crippen LogP contribution >= 0.6 is 0 Å². The number of aryl methyl sites for hydroxylation is 1. The largest absolute Gasteiger partial charge is 0.350 e. The van der Waals surface area contributed by atoms with Crippen LogP contribution in [0.3, 0.4) is 0 Å². The molecule has 7 heteroatoms. The molecule has 1 aliphatic heterocycles. The predicted octanol–water partition coefficient (Wildman–Crippen LogP) is 4.33. The summed E-state index contributed by atoms with van der Waals surface area (Å²) in [4.78, 5) is 11.1. The Balaban J connectivity index is 1.84. The molecule has 0 atom stereocenters. The minimum atomic E-state index is -2.68. The number of benzene rings is 1. The van der Waals surface area contributed by atoms with Crippen LogP contribution < -0.4 is 4.90 Å². The van der Waals surface area contributed by atoms with Crippen molar-refractivity contribution in [3.63, 3.8) is 0 Å². The van der Waals surface area contributed by atoms with E-state index in [1.54, 1.807) is 11.1 Å². The van der Waals surface area contributed by atoms with Crippen molar-refractivity contribution in [3.8, 4) is 0 Å². The van der Waals surface area contributed by atoms with E-state index < -0.39 is 5.92 Å². The topological polar surface area (TPSA) is 46.8 Å². The van der Waals surface area contributed by atoms with Crippen LogP contribution in [0.2, 0.25) is 0 Å². The van der Waals surface area contributed by atoms with Crippen molar-refractivity contribution in [1.29, 1.82) is 0 Å². The quantitative estimate of drug-likeness (QED) is 0.673. The van der Waals surface area contributed by atoms with Crippen molar-refractivity contribution in [2.24, 2.45) is 0 Å². The van der Waals surface area contributed by atoms with E-state index in [0.717, 1.165) is 10.9 Å². The number of fused-ring (bicyclic) bond motifs is 1. The van der Waals surface area contributed by atoms with Gasteiger partial charge >= 0.3 is 0 Å². The van der Waals surface area contributed by atoms with Gasteiger partial charge in [-0.15, -0.1) is 0 Å². The van der Waals surface area contributed by atoms with Gasteiger partial charge in [0.15, 0.2) is 5.65 Å². The highest BCUT2D eigenvalue weighted by Gasteiger charge is 2.40. The Bertz CT molecular complexity index is 1020. The molecule has 0 radical (unpaired) electrons. The molecule has 0 saturated carbocycles. The Morgan fingerprint density at radius 2 is 1.89 bits per heavy atom. The minimum Gasteiger partial charge on any atom is -0.350 e. The maximum Gasteiger partial charge on any atom is 0.266 e. The lowest BCUT2D eigenvalue weighted by molar-refractivity contribution is 0.0257. The van der Waals surface area contributed by atoms with Crippen molar-refractivity contribution >= 4 is 16.9 Å². The molecule has 1 aromatic carbocycles. The van der Waals surface area contributed by atoms with Crippen LogP contribution in [0.25, 0.3) is 11.0 Å². The molecule has 28 heavy (non-hydrogen) atoms. The average Bonchev–Trinajstić information content (AvgIpc) is 3.18. The molecule has 3 heterocycles. The summed E-state index contributed by atoms with van der Waals surface area (Å²) in [5, 5.41) is 5.24. The molecule has 1 saturated heterocycles. The van der Waals surface area contributed by atoms with E-state index in [1.165, 1.54) is 5.56 Å². The van der Waals surface area contributed by atoms with E-state index in [-0.39, 0.29) is 24.9 Å². The van der Waals surface area contributed by atoms with Crippen LogP contribution in [-0.2, 0) is 12.0 Å². The normalized spacial score (nSPS) is 16.9. The zero-order valence-electron chi connectivity index (χ0n) is 16.7. The van der Waals surface area contributed by atoms with Gasteiger partial charge in [0.2, 0.25) is 0 Å². The highest BCUT2D eigenvalue weighted by Crippen LogP contribution is 2.35. The van der Waals surface area contributed by atoms with E-state index in [0.29, 0.717) is 23.8 Å². The highest BCUT2D eigenvalue weighted by molar-refractivity contribution is 5.87. The summed E-state index contributed by atoms with van der Waals surface area (Å²) in [6.45, 7) is 8.69. The number of rotatable bonds is 3. The number of hydrogen-bond donors (Lipinski definition) is 0. The summed E-state index contributed by atoms with van der Waals surface area (Å²) in [7, 11) is 0. The molecule has 2 aromatic heterocycles. The number of aromatic nitrogens is 4.